The van der Waals surface area contributed by atoms with Gasteiger partial charge in [0.05, 0.1) is 29.4 Å². The van der Waals surface area contributed by atoms with Crippen molar-refractivity contribution in [1.29, 1.82) is 0 Å². The minimum absolute atomic E-state index is 0.000441. The van der Waals surface area contributed by atoms with Crippen LogP contribution in [0, 0.1) is 19.8 Å². The Balaban J connectivity index is 1.47. The predicted octanol–water partition coefficient (Wildman–Crippen LogP) is 2.06. The Labute approximate surface area is 144 Å². The first-order valence-electron chi connectivity index (χ1n) is 8.03. The zero-order valence-corrected chi connectivity index (χ0v) is 14.7. The molecule has 2 amide bonds. The van der Waals surface area contributed by atoms with Gasteiger partial charge in [0.25, 0.3) is 0 Å². The molecule has 24 heavy (non-hydrogen) atoms. The molecular formula is C17H21N3O3S. The number of rotatable bonds is 6. The van der Waals surface area contributed by atoms with Gasteiger partial charge in [-0.25, -0.2) is 4.98 Å². The topological polar surface area (TPSA) is 75.4 Å². The summed E-state index contributed by atoms with van der Waals surface area (Å²) in [5.74, 6) is 0.405. The molecule has 2 aromatic rings. The Morgan fingerprint density at radius 3 is 3.00 bits per heavy atom. The summed E-state index contributed by atoms with van der Waals surface area (Å²) in [6.45, 7) is 5.42. The van der Waals surface area contributed by atoms with Crippen LogP contribution in [0.2, 0.25) is 0 Å². The number of likely N-dealkylation sites (tertiary alicyclic amines) is 1. The molecule has 0 radical (unpaired) electrons. The van der Waals surface area contributed by atoms with E-state index in [-0.39, 0.29) is 24.2 Å². The summed E-state index contributed by atoms with van der Waals surface area (Å²) < 4.78 is 5.27. The standard InChI is InChI=1S/C17H21N3O3S/c1-11-15(24-12(2)19-11)5-6-18-17(22)13-8-16(21)20(9-13)10-14-4-3-7-23-14/h3-4,7,13H,5-6,8-10H2,1-2H3,(H,18,22)/t13-/m1/s1. The van der Waals surface area contributed by atoms with Crippen molar-refractivity contribution in [3.8, 4) is 0 Å². The lowest BCUT2D eigenvalue weighted by Crippen LogP contribution is -2.34. The van der Waals surface area contributed by atoms with E-state index in [1.807, 2.05) is 19.9 Å². The molecular weight excluding hydrogens is 326 g/mol. The second-order valence-electron chi connectivity index (χ2n) is 6.04. The van der Waals surface area contributed by atoms with Gasteiger partial charge in [0.1, 0.15) is 5.76 Å². The highest BCUT2D eigenvalue weighted by molar-refractivity contribution is 7.11. The zero-order valence-electron chi connectivity index (χ0n) is 13.9. The van der Waals surface area contributed by atoms with Crippen molar-refractivity contribution in [2.45, 2.75) is 33.2 Å². The molecule has 1 aliphatic rings. The monoisotopic (exact) mass is 347 g/mol. The highest BCUT2D eigenvalue weighted by Crippen LogP contribution is 2.21. The summed E-state index contributed by atoms with van der Waals surface area (Å²) in [6.07, 6.45) is 2.63. The average Bonchev–Trinajstić information content (AvgIpc) is 3.23. The summed E-state index contributed by atoms with van der Waals surface area (Å²) in [6, 6.07) is 3.63. The van der Waals surface area contributed by atoms with E-state index in [4.69, 9.17) is 4.42 Å². The van der Waals surface area contributed by atoms with Gasteiger partial charge in [-0.1, -0.05) is 0 Å². The Morgan fingerprint density at radius 2 is 2.33 bits per heavy atom. The molecule has 6 nitrogen and oxygen atoms in total. The summed E-state index contributed by atoms with van der Waals surface area (Å²) >= 11 is 1.67. The predicted molar refractivity (Wildman–Crippen MR) is 90.5 cm³/mol. The van der Waals surface area contributed by atoms with Crippen molar-refractivity contribution in [3.05, 3.63) is 39.7 Å². The number of thiazole rings is 1. The summed E-state index contributed by atoms with van der Waals surface area (Å²) in [4.78, 5) is 31.6. The smallest absolute Gasteiger partial charge is 0.225 e. The number of aromatic nitrogens is 1. The number of nitrogens with one attached hydrogen (secondary N) is 1. The van der Waals surface area contributed by atoms with Crippen LogP contribution >= 0.6 is 11.3 Å². The average molecular weight is 347 g/mol. The number of aryl methyl sites for hydroxylation is 2. The van der Waals surface area contributed by atoms with Crippen LogP contribution in [0.25, 0.3) is 0 Å². The summed E-state index contributed by atoms with van der Waals surface area (Å²) in [5, 5.41) is 3.99. The van der Waals surface area contributed by atoms with Crippen LogP contribution in [-0.4, -0.2) is 34.8 Å². The van der Waals surface area contributed by atoms with Gasteiger partial charge in [0.15, 0.2) is 0 Å². The third kappa shape index (κ3) is 3.84. The van der Waals surface area contributed by atoms with Gasteiger partial charge in [-0.3, -0.25) is 9.59 Å². The molecule has 7 heteroatoms. The Morgan fingerprint density at radius 1 is 1.50 bits per heavy atom. The highest BCUT2D eigenvalue weighted by atomic mass is 32.1. The van der Waals surface area contributed by atoms with Crippen molar-refractivity contribution in [2.75, 3.05) is 13.1 Å². The van der Waals surface area contributed by atoms with Crippen molar-refractivity contribution in [3.63, 3.8) is 0 Å². The lowest BCUT2D eigenvalue weighted by atomic mass is 10.1. The number of hydrogen-bond acceptors (Lipinski definition) is 5. The van der Waals surface area contributed by atoms with Crippen LogP contribution in [0.5, 0.6) is 0 Å². The molecule has 1 fully saturated rings. The molecule has 1 atom stereocenters. The lowest BCUT2D eigenvalue weighted by Gasteiger charge is -2.15. The molecule has 0 aromatic carbocycles. The quantitative estimate of drug-likeness (QED) is 0.868. The van der Waals surface area contributed by atoms with Crippen LogP contribution in [-0.2, 0) is 22.6 Å². The number of carbonyl (C=O) groups is 2. The number of nitrogens with zero attached hydrogens (tertiary/aromatic N) is 2. The van der Waals surface area contributed by atoms with Gasteiger partial charge in [-0.05, 0) is 26.0 Å². The molecule has 3 rings (SSSR count). The van der Waals surface area contributed by atoms with Crippen LogP contribution in [0.15, 0.2) is 22.8 Å². The molecule has 0 unspecified atom stereocenters. The first-order chi connectivity index (χ1) is 11.5. The number of furan rings is 1. The fourth-order valence-corrected chi connectivity index (χ4v) is 3.88. The largest absolute Gasteiger partial charge is 0.467 e. The first kappa shape index (κ1) is 16.7. The summed E-state index contributed by atoms with van der Waals surface area (Å²) in [5.41, 5.74) is 1.03. The summed E-state index contributed by atoms with van der Waals surface area (Å²) in [7, 11) is 0. The third-order valence-corrected chi connectivity index (χ3v) is 5.30. The van der Waals surface area contributed by atoms with E-state index >= 15 is 0 Å². The molecule has 3 heterocycles. The minimum atomic E-state index is -0.281. The van der Waals surface area contributed by atoms with Crippen LogP contribution in [0.4, 0.5) is 0 Å². The van der Waals surface area contributed by atoms with Gasteiger partial charge in [-0.15, -0.1) is 11.3 Å². The second-order valence-corrected chi connectivity index (χ2v) is 7.32. The Hall–Kier alpha value is -2.15. The molecule has 0 bridgehead atoms. The molecule has 0 aliphatic carbocycles. The molecule has 2 aromatic heterocycles. The Kier molecular flexibility index (Phi) is 4.99. The molecule has 128 valence electrons. The maximum absolute atomic E-state index is 12.3. The molecule has 1 N–H and O–H groups in total. The fourth-order valence-electron chi connectivity index (χ4n) is 2.94. The van der Waals surface area contributed by atoms with Crippen LogP contribution in [0.1, 0.15) is 27.8 Å². The van der Waals surface area contributed by atoms with Crippen LogP contribution < -0.4 is 5.32 Å². The number of amides is 2. The minimum Gasteiger partial charge on any atom is -0.467 e. The number of carbonyl (C=O) groups excluding carboxylic acids is 2. The van der Waals surface area contributed by atoms with Crippen molar-refractivity contribution in [2.24, 2.45) is 5.92 Å². The Bertz CT molecular complexity index is 724. The van der Waals surface area contributed by atoms with Crippen molar-refractivity contribution in [1.82, 2.24) is 15.2 Å². The van der Waals surface area contributed by atoms with E-state index in [0.717, 1.165) is 22.9 Å². The molecule has 1 saturated heterocycles. The number of hydrogen-bond donors (Lipinski definition) is 1. The van der Waals surface area contributed by atoms with E-state index in [2.05, 4.69) is 10.3 Å². The van der Waals surface area contributed by atoms with Gasteiger partial charge in [0, 0.05) is 30.8 Å². The van der Waals surface area contributed by atoms with Gasteiger partial charge < -0.3 is 14.6 Å². The van der Waals surface area contributed by atoms with Crippen LogP contribution in [0.3, 0.4) is 0 Å². The highest BCUT2D eigenvalue weighted by Gasteiger charge is 2.34. The third-order valence-electron chi connectivity index (χ3n) is 4.16. The van der Waals surface area contributed by atoms with Gasteiger partial charge in [-0.2, -0.15) is 0 Å². The first-order valence-corrected chi connectivity index (χ1v) is 8.85. The van der Waals surface area contributed by atoms with E-state index in [1.165, 1.54) is 4.88 Å². The fraction of sp³-hybridized carbons (Fsp3) is 0.471. The van der Waals surface area contributed by atoms with E-state index < -0.39 is 0 Å². The zero-order chi connectivity index (χ0) is 17.1. The van der Waals surface area contributed by atoms with E-state index in [9.17, 15) is 9.59 Å². The normalized spacial score (nSPS) is 17.5. The SMILES string of the molecule is Cc1nc(C)c(CCNC(=O)[C@@H]2CC(=O)N(Cc3ccco3)C2)s1. The second kappa shape index (κ2) is 7.17. The molecule has 0 spiro atoms. The maximum Gasteiger partial charge on any atom is 0.225 e. The van der Waals surface area contributed by atoms with Crippen molar-refractivity contribution >= 4 is 23.2 Å². The van der Waals surface area contributed by atoms with Gasteiger partial charge >= 0.3 is 0 Å². The molecule has 0 saturated carbocycles. The van der Waals surface area contributed by atoms with E-state index in [0.29, 0.717) is 19.6 Å². The van der Waals surface area contributed by atoms with Gasteiger partial charge in [0.2, 0.25) is 11.8 Å². The van der Waals surface area contributed by atoms with E-state index in [1.54, 1.807) is 28.6 Å². The maximum atomic E-state index is 12.3. The lowest BCUT2D eigenvalue weighted by molar-refractivity contribution is -0.129. The molecule has 1 aliphatic heterocycles. The van der Waals surface area contributed by atoms with Crippen molar-refractivity contribution < 1.29 is 14.0 Å².